The van der Waals surface area contributed by atoms with Crippen LogP contribution in [-0.2, 0) is 21.4 Å². The number of rotatable bonds is 8. The van der Waals surface area contributed by atoms with Crippen molar-refractivity contribution in [2.75, 3.05) is 11.1 Å². The summed E-state index contributed by atoms with van der Waals surface area (Å²) >= 11 is 1.33. The maximum absolute atomic E-state index is 12.3. The fourth-order valence-corrected chi connectivity index (χ4v) is 4.25. The molecule has 154 valence electrons. The number of nitrogens with one attached hydrogen (secondary N) is 1. The molecule has 7 nitrogen and oxygen atoms in total. The Kier molecular flexibility index (Phi) is 6.61. The molecular formula is C20H24N4O3S2. The van der Waals surface area contributed by atoms with Crippen LogP contribution in [0.3, 0.4) is 0 Å². The molecule has 0 aliphatic heterocycles. The summed E-state index contributed by atoms with van der Waals surface area (Å²) in [6, 6.07) is 12.3. The van der Waals surface area contributed by atoms with Crippen LogP contribution in [-0.4, -0.2) is 29.6 Å². The van der Waals surface area contributed by atoms with Crippen molar-refractivity contribution in [1.29, 1.82) is 0 Å². The minimum Gasteiger partial charge on any atom is -0.325 e. The predicted molar refractivity (Wildman–Crippen MR) is 117 cm³/mol. The summed E-state index contributed by atoms with van der Waals surface area (Å²) in [6.45, 7) is 4.83. The van der Waals surface area contributed by atoms with E-state index in [1.165, 1.54) is 23.9 Å². The Labute approximate surface area is 174 Å². The summed E-state index contributed by atoms with van der Waals surface area (Å²) in [7, 11) is -3.80. The highest BCUT2D eigenvalue weighted by Gasteiger charge is 2.16. The molecule has 9 heteroatoms. The molecule has 0 atom stereocenters. The summed E-state index contributed by atoms with van der Waals surface area (Å²) in [5, 5.41) is 8.79. The first-order chi connectivity index (χ1) is 13.8. The van der Waals surface area contributed by atoms with Crippen LogP contribution in [0.2, 0.25) is 0 Å². The molecule has 0 unspecified atom stereocenters. The Bertz CT molecular complexity index is 1120. The second-order valence-electron chi connectivity index (χ2n) is 6.80. The van der Waals surface area contributed by atoms with E-state index in [-0.39, 0.29) is 16.6 Å². The van der Waals surface area contributed by atoms with Gasteiger partial charge in [-0.15, -0.1) is 0 Å². The van der Waals surface area contributed by atoms with E-state index in [4.69, 9.17) is 5.14 Å². The van der Waals surface area contributed by atoms with E-state index < -0.39 is 10.0 Å². The second-order valence-corrected chi connectivity index (χ2v) is 9.30. The number of anilines is 1. The number of carbonyl (C=O) groups excluding carboxylic acids is 1. The first-order valence-electron chi connectivity index (χ1n) is 9.30. The summed E-state index contributed by atoms with van der Waals surface area (Å²) in [5.74, 6) is 0.0731. The van der Waals surface area contributed by atoms with Gasteiger partial charge in [-0.1, -0.05) is 42.8 Å². The van der Waals surface area contributed by atoms with Gasteiger partial charge >= 0.3 is 0 Å². The molecule has 0 spiro atoms. The van der Waals surface area contributed by atoms with Gasteiger partial charge in [-0.3, -0.25) is 4.79 Å². The Morgan fingerprint density at radius 2 is 1.93 bits per heavy atom. The maximum atomic E-state index is 12.3. The third-order valence-corrected chi connectivity index (χ3v) is 6.30. The lowest BCUT2D eigenvalue weighted by Gasteiger charge is -2.09. The third kappa shape index (κ3) is 5.37. The van der Waals surface area contributed by atoms with Gasteiger partial charge in [0.2, 0.25) is 15.9 Å². The summed E-state index contributed by atoms with van der Waals surface area (Å²) in [6.07, 6.45) is 1.96. The van der Waals surface area contributed by atoms with E-state index in [9.17, 15) is 13.2 Å². The quantitative estimate of drug-likeness (QED) is 0.530. The van der Waals surface area contributed by atoms with Gasteiger partial charge in [0.05, 0.1) is 21.7 Å². The van der Waals surface area contributed by atoms with E-state index in [0.29, 0.717) is 10.7 Å². The zero-order chi connectivity index (χ0) is 21.0. The lowest BCUT2D eigenvalue weighted by atomic mass is 10.2. The van der Waals surface area contributed by atoms with Crippen LogP contribution in [0.4, 0.5) is 5.69 Å². The van der Waals surface area contributed by atoms with E-state index >= 15 is 0 Å². The minimum absolute atomic E-state index is 0.0267. The number of thioether (sulfide) groups is 1. The van der Waals surface area contributed by atoms with Crippen LogP contribution in [0.1, 0.15) is 25.3 Å². The molecule has 1 aromatic heterocycles. The van der Waals surface area contributed by atoms with E-state index in [1.807, 2.05) is 35.8 Å². The number of aromatic nitrogens is 2. The smallest absolute Gasteiger partial charge is 0.238 e. The van der Waals surface area contributed by atoms with E-state index in [1.54, 1.807) is 6.07 Å². The molecule has 3 rings (SSSR count). The van der Waals surface area contributed by atoms with Crippen LogP contribution in [0.25, 0.3) is 11.0 Å². The van der Waals surface area contributed by atoms with Crippen molar-refractivity contribution in [3.8, 4) is 0 Å². The molecule has 3 N–H and O–H groups in total. The van der Waals surface area contributed by atoms with Crippen LogP contribution in [0.5, 0.6) is 0 Å². The average Bonchev–Trinajstić information content (AvgIpc) is 3.02. The van der Waals surface area contributed by atoms with Crippen molar-refractivity contribution in [3.05, 3.63) is 48.0 Å². The standard InChI is InChI=1S/C20H24N4O3S2/c1-3-4-11-24-18-10-9-16(29(21,26)27)12-17(18)23-20(24)28-13-19(25)22-15-7-5-14(2)6-8-15/h5-10,12H,3-4,11,13H2,1-2H3,(H,22,25)(H2,21,26,27). The normalized spacial score (nSPS) is 11.7. The molecule has 0 saturated heterocycles. The topological polar surface area (TPSA) is 107 Å². The van der Waals surface area contributed by atoms with Gasteiger partial charge in [-0.05, 0) is 43.7 Å². The number of amides is 1. The van der Waals surface area contributed by atoms with E-state index in [0.717, 1.165) is 36.2 Å². The molecule has 0 fully saturated rings. The molecule has 0 aliphatic carbocycles. The summed E-state index contributed by atoms with van der Waals surface area (Å²) in [4.78, 5) is 16.9. The van der Waals surface area contributed by atoms with Crippen LogP contribution in [0.15, 0.2) is 52.5 Å². The molecule has 0 bridgehead atoms. The molecule has 0 radical (unpaired) electrons. The lowest BCUT2D eigenvalue weighted by Crippen LogP contribution is -2.14. The fraction of sp³-hybridized carbons (Fsp3) is 0.300. The fourth-order valence-electron chi connectivity index (χ4n) is 2.87. The summed E-state index contributed by atoms with van der Waals surface area (Å²) in [5.41, 5.74) is 3.25. The minimum atomic E-state index is -3.80. The molecule has 3 aromatic rings. The highest BCUT2D eigenvalue weighted by Crippen LogP contribution is 2.26. The number of aryl methyl sites for hydroxylation is 2. The predicted octanol–water partition coefficient (Wildman–Crippen LogP) is 3.52. The largest absolute Gasteiger partial charge is 0.325 e. The van der Waals surface area contributed by atoms with Crippen molar-refractivity contribution in [1.82, 2.24) is 9.55 Å². The second kappa shape index (κ2) is 8.98. The number of hydrogen-bond donors (Lipinski definition) is 2. The first kappa shape index (κ1) is 21.4. The number of hydrogen-bond acceptors (Lipinski definition) is 5. The Balaban J connectivity index is 1.80. The van der Waals surface area contributed by atoms with Gasteiger partial charge in [-0.2, -0.15) is 0 Å². The monoisotopic (exact) mass is 432 g/mol. The number of carbonyl (C=O) groups is 1. The van der Waals surface area contributed by atoms with E-state index in [2.05, 4.69) is 17.2 Å². The van der Waals surface area contributed by atoms with Crippen molar-refractivity contribution in [3.63, 3.8) is 0 Å². The Hall–Kier alpha value is -2.36. The Morgan fingerprint density at radius 1 is 1.21 bits per heavy atom. The van der Waals surface area contributed by atoms with Gasteiger partial charge < -0.3 is 9.88 Å². The molecule has 1 heterocycles. The van der Waals surface area contributed by atoms with Crippen molar-refractivity contribution in [2.45, 2.75) is 43.3 Å². The van der Waals surface area contributed by atoms with Gasteiger partial charge in [0, 0.05) is 12.2 Å². The molecule has 29 heavy (non-hydrogen) atoms. The highest BCUT2D eigenvalue weighted by molar-refractivity contribution is 7.99. The Morgan fingerprint density at radius 3 is 2.59 bits per heavy atom. The molecule has 0 saturated carbocycles. The zero-order valence-electron chi connectivity index (χ0n) is 16.4. The van der Waals surface area contributed by atoms with Crippen molar-refractivity contribution in [2.24, 2.45) is 5.14 Å². The zero-order valence-corrected chi connectivity index (χ0v) is 18.0. The maximum Gasteiger partial charge on any atom is 0.238 e. The van der Waals surface area contributed by atoms with Gasteiger partial charge in [-0.25, -0.2) is 18.5 Å². The molecule has 0 aliphatic rings. The lowest BCUT2D eigenvalue weighted by molar-refractivity contribution is -0.113. The number of benzene rings is 2. The molecule has 2 aromatic carbocycles. The van der Waals surface area contributed by atoms with Gasteiger partial charge in [0.1, 0.15) is 0 Å². The number of imidazole rings is 1. The van der Waals surface area contributed by atoms with Crippen LogP contribution < -0.4 is 10.5 Å². The van der Waals surface area contributed by atoms with Gasteiger partial charge in [0.25, 0.3) is 0 Å². The number of primary sulfonamides is 1. The average molecular weight is 433 g/mol. The third-order valence-electron chi connectivity index (χ3n) is 4.42. The number of nitrogens with zero attached hydrogens (tertiary/aromatic N) is 2. The highest BCUT2D eigenvalue weighted by atomic mass is 32.2. The summed E-state index contributed by atoms with van der Waals surface area (Å²) < 4.78 is 25.3. The van der Waals surface area contributed by atoms with Crippen molar-refractivity contribution >= 4 is 44.4 Å². The number of nitrogens with two attached hydrogens (primary N) is 1. The number of sulfonamides is 1. The SMILES string of the molecule is CCCCn1c(SCC(=O)Nc2ccc(C)cc2)nc2cc(S(N)(=O)=O)ccc21. The number of unbranched alkanes of at least 4 members (excludes halogenated alkanes) is 1. The molecule has 1 amide bonds. The van der Waals surface area contributed by atoms with Gasteiger partial charge in [0.15, 0.2) is 5.16 Å². The van der Waals surface area contributed by atoms with Crippen LogP contribution in [0, 0.1) is 6.92 Å². The first-order valence-corrected chi connectivity index (χ1v) is 11.8. The van der Waals surface area contributed by atoms with Crippen LogP contribution >= 0.6 is 11.8 Å². The van der Waals surface area contributed by atoms with Crippen molar-refractivity contribution < 1.29 is 13.2 Å². The molecular weight excluding hydrogens is 408 g/mol. The number of fused-ring (bicyclic) bond motifs is 1.